The quantitative estimate of drug-likeness (QED) is 0.797. The van der Waals surface area contributed by atoms with E-state index in [1.165, 1.54) is 6.07 Å². The summed E-state index contributed by atoms with van der Waals surface area (Å²) < 4.78 is 24.6. The number of hydrogen-bond acceptors (Lipinski definition) is 4. The lowest BCUT2D eigenvalue weighted by molar-refractivity contribution is -0.147. The molecule has 3 atom stereocenters. The van der Waals surface area contributed by atoms with Crippen LogP contribution < -0.4 is 4.74 Å². The highest BCUT2D eigenvalue weighted by Crippen LogP contribution is 2.16. The Labute approximate surface area is 143 Å². The normalized spacial score (nSPS) is 22.5. The maximum absolute atomic E-state index is 13.5. The van der Waals surface area contributed by atoms with Crippen molar-refractivity contribution < 1.29 is 18.7 Å². The number of benzene rings is 1. The van der Waals surface area contributed by atoms with Crippen molar-refractivity contribution in [1.29, 1.82) is 0 Å². The van der Waals surface area contributed by atoms with Crippen molar-refractivity contribution in [2.75, 3.05) is 33.3 Å². The average Bonchev–Trinajstić information content (AvgIpc) is 2.54. The Balaban J connectivity index is 1.82. The van der Waals surface area contributed by atoms with Crippen LogP contribution in [0.1, 0.15) is 20.8 Å². The molecule has 1 saturated heterocycles. The molecule has 134 valence electrons. The van der Waals surface area contributed by atoms with Crippen LogP contribution in [0.15, 0.2) is 24.3 Å². The number of amides is 1. The summed E-state index contributed by atoms with van der Waals surface area (Å²) in [5.41, 5.74) is 0. The van der Waals surface area contributed by atoms with E-state index in [2.05, 4.69) is 0 Å². The van der Waals surface area contributed by atoms with Crippen LogP contribution in [0.5, 0.6) is 5.75 Å². The third kappa shape index (κ3) is 4.92. The van der Waals surface area contributed by atoms with E-state index in [-0.39, 0.29) is 35.7 Å². The Morgan fingerprint density at radius 2 is 2.00 bits per heavy atom. The predicted molar refractivity (Wildman–Crippen MR) is 90.6 cm³/mol. The molecule has 0 bridgehead atoms. The Kier molecular flexibility index (Phi) is 6.57. The van der Waals surface area contributed by atoms with Gasteiger partial charge in [0.05, 0.1) is 18.2 Å². The van der Waals surface area contributed by atoms with Crippen molar-refractivity contribution in [2.24, 2.45) is 0 Å². The van der Waals surface area contributed by atoms with Gasteiger partial charge in [0, 0.05) is 19.6 Å². The number of ether oxygens (including phenoxy) is 2. The second kappa shape index (κ2) is 8.44. The van der Waals surface area contributed by atoms with Crippen LogP contribution in [0.2, 0.25) is 0 Å². The first-order valence-corrected chi connectivity index (χ1v) is 8.40. The average molecular weight is 338 g/mol. The van der Waals surface area contributed by atoms with E-state index in [1.807, 2.05) is 37.6 Å². The first-order valence-electron chi connectivity index (χ1n) is 8.40. The molecular formula is C18H27FN2O3. The van der Waals surface area contributed by atoms with E-state index in [0.29, 0.717) is 26.2 Å². The van der Waals surface area contributed by atoms with E-state index < -0.39 is 0 Å². The number of rotatable bonds is 6. The van der Waals surface area contributed by atoms with Crippen LogP contribution in [0.25, 0.3) is 0 Å². The number of nitrogens with zero attached hydrogens (tertiary/aromatic N) is 2. The van der Waals surface area contributed by atoms with Crippen molar-refractivity contribution in [3.8, 4) is 5.75 Å². The molecule has 0 aliphatic carbocycles. The van der Waals surface area contributed by atoms with Crippen LogP contribution >= 0.6 is 0 Å². The molecule has 1 heterocycles. The number of morpholine rings is 1. The van der Waals surface area contributed by atoms with Gasteiger partial charge in [-0.2, -0.15) is 0 Å². The minimum Gasteiger partial charge on any atom is -0.489 e. The van der Waals surface area contributed by atoms with Crippen LogP contribution in [-0.2, 0) is 9.53 Å². The summed E-state index contributed by atoms with van der Waals surface area (Å²) in [6.07, 6.45) is 0.110. The van der Waals surface area contributed by atoms with E-state index in [0.717, 1.165) is 0 Å². The molecule has 0 radical (unpaired) electrons. The first kappa shape index (κ1) is 18.7. The van der Waals surface area contributed by atoms with E-state index >= 15 is 0 Å². The molecule has 3 unspecified atom stereocenters. The Hall–Kier alpha value is -1.66. The number of halogens is 1. The number of carbonyl (C=O) groups excluding carboxylic acids is 1. The molecule has 0 spiro atoms. The zero-order valence-corrected chi connectivity index (χ0v) is 14.9. The summed E-state index contributed by atoms with van der Waals surface area (Å²) >= 11 is 0. The lowest BCUT2D eigenvalue weighted by atomic mass is 10.2. The largest absolute Gasteiger partial charge is 0.489 e. The summed E-state index contributed by atoms with van der Waals surface area (Å²) in [6.45, 7) is 7.94. The van der Waals surface area contributed by atoms with Crippen molar-refractivity contribution in [2.45, 2.75) is 39.0 Å². The maximum atomic E-state index is 13.5. The lowest BCUT2D eigenvalue weighted by Crippen LogP contribution is -2.54. The van der Waals surface area contributed by atoms with Crippen LogP contribution in [0.3, 0.4) is 0 Å². The van der Waals surface area contributed by atoms with Crippen molar-refractivity contribution in [1.82, 2.24) is 9.80 Å². The fraction of sp³-hybridized carbons (Fsp3) is 0.611. The summed E-state index contributed by atoms with van der Waals surface area (Å²) in [5.74, 6) is -0.0494. The second-order valence-corrected chi connectivity index (χ2v) is 6.44. The van der Waals surface area contributed by atoms with Gasteiger partial charge in [-0.15, -0.1) is 0 Å². The number of likely N-dealkylation sites (N-methyl/N-ethyl adjacent to an activating group) is 1. The van der Waals surface area contributed by atoms with E-state index in [4.69, 9.17) is 9.47 Å². The molecule has 1 fully saturated rings. The molecule has 0 aromatic heterocycles. The zero-order valence-electron chi connectivity index (χ0n) is 14.9. The van der Waals surface area contributed by atoms with Crippen molar-refractivity contribution >= 4 is 5.91 Å². The van der Waals surface area contributed by atoms with Crippen LogP contribution in [0.4, 0.5) is 4.39 Å². The molecule has 0 saturated carbocycles. The SMILES string of the molecule is CC1CN(C(=O)C(C)N(C)CCOc2ccccc2F)CC(C)O1. The van der Waals surface area contributed by atoms with Gasteiger partial charge in [-0.25, -0.2) is 4.39 Å². The number of hydrogen-bond donors (Lipinski definition) is 0. The van der Waals surface area contributed by atoms with E-state index in [1.54, 1.807) is 18.2 Å². The Morgan fingerprint density at radius 1 is 1.38 bits per heavy atom. The van der Waals surface area contributed by atoms with Gasteiger partial charge in [0.2, 0.25) is 5.91 Å². The molecular weight excluding hydrogens is 311 g/mol. The lowest BCUT2D eigenvalue weighted by Gasteiger charge is -2.38. The van der Waals surface area contributed by atoms with Crippen molar-refractivity contribution in [3.63, 3.8) is 0 Å². The van der Waals surface area contributed by atoms with Gasteiger partial charge in [-0.1, -0.05) is 12.1 Å². The maximum Gasteiger partial charge on any atom is 0.239 e. The number of carbonyl (C=O) groups is 1. The van der Waals surface area contributed by atoms with Crippen LogP contribution in [-0.4, -0.2) is 67.2 Å². The summed E-state index contributed by atoms with van der Waals surface area (Å²) in [4.78, 5) is 16.4. The fourth-order valence-corrected chi connectivity index (χ4v) is 2.87. The van der Waals surface area contributed by atoms with Gasteiger partial charge in [0.25, 0.3) is 0 Å². The zero-order chi connectivity index (χ0) is 17.7. The third-order valence-corrected chi connectivity index (χ3v) is 4.29. The molecule has 24 heavy (non-hydrogen) atoms. The second-order valence-electron chi connectivity index (χ2n) is 6.44. The summed E-state index contributed by atoms with van der Waals surface area (Å²) in [5, 5.41) is 0. The third-order valence-electron chi connectivity index (χ3n) is 4.29. The molecule has 5 nitrogen and oxygen atoms in total. The Morgan fingerprint density at radius 3 is 2.62 bits per heavy atom. The highest BCUT2D eigenvalue weighted by Gasteiger charge is 2.30. The standard InChI is InChI=1S/C18H27FN2O3/c1-13-11-21(12-14(2)24-13)18(22)15(3)20(4)9-10-23-17-8-6-5-7-16(17)19/h5-8,13-15H,9-12H2,1-4H3. The molecule has 1 aliphatic heterocycles. The van der Waals surface area contributed by atoms with Crippen molar-refractivity contribution in [3.05, 3.63) is 30.1 Å². The molecule has 2 rings (SSSR count). The smallest absolute Gasteiger partial charge is 0.239 e. The summed E-state index contributed by atoms with van der Waals surface area (Å²) in [6, 6.07) is 6.06. The number of para-hydroxylation sites is 1. The monoisotopic (exact) mass is 338 g/mol. The van der Waals surface area contributed by atoms with Gasteiger partial charge >= 0.3 is 0 Å². The molecule has 1 aromatic carbocycles. The van der Waals surface area contributed by atoms with Gasteiger partial charge in [-0.3, -0.25) is 9.69 Å². The molecule has 1 amide bonds. The van der Waals surface area contributed by atoms with Gasteiger partial charge in [0.1, 0.15) is 6.61 Å². The van der Waals surface area contributed by atoms with Gasteiger partial charge in [-0.05, 0) is 40.0 Å². The molecule has 0 N–H and O–H groups in total. The van der Waals surface area contributed by atoms with Gasteiger partial charge < -0.3 is 14.4 Å². The van der Waals surface area contributed by atoms with E-state index in [9.17, 15) is 9.18 Å². The summed E-state index contributed by atoms with van der Waals surface area (Å²) in [7, 11) is 1.88. The molecule has 1 aromatic rings. The molecule has 6 heteroatoms. The van der Waals surface area contributed by atoms with Gasteiger partial charge in [0.15, 0.2) is 11.6 Å². The highest BCUT2D eigenvalue weighted by atomic mass is 19.1. The topological polar surface area (TPSA) is 42.0 Å². The minimum absolute atomic E-state index is 0.0552. The van der Waals surface area contributed by atoms with Crippen LogP contribution in [0, 0.1) is 5.82 Å². The minimum atomic E-state index is -0.374. The Bertz CT molecular complexity index is 545. The molecule has 1 aliphatic rings. The predicted octanol–water partition coefficient (Wildman–Crippen LogP) is 2.16. The highest BCUT2D eigenvalue weighted by molar-refractivity contribution is 5.81. The fourth-order valence-electron chi connectivity index (χ4n) is 2.87. The first-order chi connectivity index (χ1) is 11.4.